The Kier molecular flexibility index (Phi) is 4.87. The van der Waals surface area contributed by atoms with Crippen LogP contribution in [-0.2, 0) is 27.3 Å². The zero-order valence-electron chi connectivity index (χ0n) is 15.6. The van der Waals surface area contributed by atoms with Crippen LogP contribution in [0, 0.1) is 0 Å². The van der Waals surface area contributed by atoms with Crippen LogP contribution in [0.25, 0.3) is 11.3 Å². The molecule has 1 aromatic carbocycles. The number of carbonyl (C=O) groups is 2. The minimum Gasteiger partial charge on any atom is -0.466 e. The van der Waals surface area contributed by atoms with Crippen LogP contribution in [0.2, 0.25) is 0 Å². The van der Waals surface area contributed by atoms with Gasteiger partial charge in [0.15, 0.2) is 0 Å². The number of carbonyl (C=O) groups excluding carboxylic acids is 2. The van der Waals surface area contributed by atoms with Crippen molar-refractivity contribution in [1.29, 1.82) is 0 Å². The average molecular weight is 382 g/mol. The van der Waals surface area contributed by atoms with Crippen LogP contribution < -0.4 is 5.32 Å². The number of amides is 1. The van der Waals surface area contributed by atoms with E-state index in [1.165, 1.54) is 12.0 Å². The summed E-state index contributed by atoms with van der Waals surface area (Å²) in [4.78, 5) is 30.7. The third-order valence-electron chi connectivity index (χ3n) is 5.10. The number of esters is 1. The van der Waals surface area contributed by atoms with Gasteiger partial charge in [-0.3, -0.25) is 4.79 Å². The molecule has 0 saturated heterocycles. The number of aryl methyl sites for hydroxylation is 1. The number of β-amino-alcohol motifs (C(OH)–C–C–N with tert-alkyl or cyclic N) is 1. The lowest BCUT2D eigenvalue weighted by Crippen LogP contribution is -2.31. The van der Waals surface area contributed by atoms with Crippen molar-refractivity contribution in [2.75, 3.05) is 32.1 Å². The molecule has 2 N–H and O–H groups in total. The van der Waals surface area contributed by atoms with E-state index in [9.17, 15) is 9.59 Å². The number of hydrogen-bond acceptors (Lipinski definition) is 6. The normalized spacial score (nSPS) is 15.9. The number of anilines is 1. The number of aliphatic hydroxyl groups excluding tert-OH is 1. The smallest absolute Gasteiger partial charge is 0.337 e. The van der Waals surface area contributed by atoms with Crippen molar-refractivity contribution in [1.82, 2.24) is 14.5 Å². The number of methoxy groups -OCH3 is 1. The predicted molar refractivity (Wildman–Crippen MR) is 102 cm³/mol. The van der Waals surface area contributed by atoms with Crippen LogP contribution in [0.3, 0.4) is 0 Å². The van der Waals surface area contributed by atoms with Gasteiger partial charge in [0.25, 0.3) is 5.91 Å². The third-order valence-corrected chi connectivity index (χ3v) is 5.10. The van der Waals surface area contributed by atoms with Crippen molar-refractivity contribution in [2.24, 2.45) is 0 Å². The molecule has 1 aromatic heterocycles. The molecule has 2 aromatic rings. The molecule has 0 radical (unpaired) electrons. The van der Waals surface area contributed by atoms with Crippen LogP contribution in [0.15, 0.2) is 41.7 Å². The van der Waals surface area contributed by atoms with Gasteiger partial charge < -0.3 is 24.6 Å². The van der Waals surface area contributed by atoms with Crippen LogP contribution in [-0.4, -0.2) is 58.2 Å². The van der Waals surface area contributed by atoms with E-state index in [2.05, 4.69) is 14.9 Å². The van der Waals surface area contributed by atoms with Gasteiger partial charge in [0.05, 0.1) is 37.7 Å². The van der Waals surface area contributed by atoms with E-state index in [0.717, 1.165) is 36.5 Å². The summed E-state index contributed by atoms with van der Waals surface area (Å²) in [5, 5.41) is 12.3. The van der Waals surface area contributed by atoms with E-state index < -0.39 is 5.97 Å². The minimum absolute atomic E-state index is 0.115. The van der Waals surface area contributed by atoms with Crippen molar-refractivity contribution in [3.8, 4) is 11.3 Å². The van der Waals surface area contributed by atoms with Crippen LogP contribution in [0.4, 0.5) is 5.69 Å². The largest absolute Gasteiger partial charge is 0.466 e. The Labute approximate surface area is 162 Å². The first-order valence-corrected chi connectivity index (χ1v) is 9.26. The van der Waals surface area contributed by atoms with Crippen molar-refractivity contribution in [3.63, 3.8) is 0 Å². The lowest BCUT2D eigenvalue weighted by Gasteiger charge is -2.15. The summed E-state index contributed by atoms with van der Waals surface area (Å²) < 4.78 is 7.03. The summed E-state index contributed by atoms with van der Waals surface area (Å²) >= 11 is 0. The van der Waals surface area contributed by atoms with Gasteiger partial charge in [-0.25, -0.2) is 9.78 Å². The molecule has 8 heteroatoms. The molecule has 2 aliphatic heterocycles. The van der Waals surface area contributed by atoms with E-state index in [-0.39, 0.29) is 36.9 Å². The number of hydrogen-bond donors (Lipinski definition) is 2. The SMILES string of the molecule is COC(=O)C1=C(Nc2cccc(-c3cnc4n3CCC4)c2)C(=O)N(CCO)C1. The van der Waals surface area contributed by atoms with Gasteiger partial charge in [-0.05, 0) is 18.6 Å². The second-order valence-corrected chi connectivity index (χ2v) is 6.82. The molecule has 4 rings (SSSR count). The highest BCUT2D eigenvalue weighted by Gasteiger charge is 2.34. The maximum absolute atomic E-state index is 12.7. The van der Waals surface area contributed by atoms with E-state index in [4.69, 9.17) is 9.84 Å². The molecule has 0 aliphatic carbocycles. The van der Waals surface area contributed by atoms with Crippen LogP contribution in [0.5, 0.6) is 0 Å². The first-order valence-electron chi connectivity index (χ1n) is 9.26. The maximum atomic E-state index is 12.7. The van der Waals surface area contributed by atoms with Crippen molar-refractivity contribution in [3.05, 3.63) is 47.6 Å². The first kappa shape index (κ1) is 18.2. The standard InChI is InChI=1S/C20H22N4O4/c1-28-20(27)15-12-23(8-9-25)19(26)18(15)22-14-5-2-4-13(10-14)16-11-21-17-6-3-7-24(16)17/h2,4-5,10-11,22,25H,3,6-9,12H2,1H3. The van der Waals surface area contributed by atoms with Crippen molar-refractivity contribution in [2.45, 2.75) is 19.4 Å². The quantitative estimate of drug-likeness (QED) is 0.728. The molecule has 0 bridgehead atoms. The first-order chi connectivity index (χ1) is 13.6. The lowest BCUT2D eigenvalue weighted by atomic mass is 10.1. The average Bonchev–Trinajstić information content (AvgIpc) is 3.39. The van der Waals surface area contributed by atoms with Crippen molar-refractivity contribution >= 4 is 17.6 Å². The van der Waals surface area contributed by atoms with Crippen LogP contribution in [0.1, 0.15) is 12.2 Å². The van der Waals surface area contributed by atoms with Gasteiger partial charge in [-0.2, -0.15) is 0 Å². The van der Waals surface area contributed by atoms with Gasteiger partial charge >= 0.3 is 5.97 Å². The number of nitrogens with zero attached hydrogens (tertiary/aromatic N) is 3. The number of aliphatic hydroxyl groups is 1. The molecule has 0 saturated carbocycles. The predicted octanol–water partition coefficient (Wildman–Crippen LogP) is 1.17. The fourth-order valence-electron chi connectivity index (χ4n) is 3.74. The van der Waals surface area contributed by atoms with Gasteiger partial charge in [0.2, 0.25) is 0 Å². The number of ether oxygens (including phenoxy) is 1. The third kappa shape index (κ3) is 3.16. The summed E-state index contributed by atoms with van der Waals surface area (Å²) in [6.45, 7) is 1.06. The number of rotatable bonds is 6. The Bertz CT molecular complexity index is 963. The molecular weight excluding hydrogens is 360 g/mol. The fourth-order valence-corrected chi connectivity index (χ4v) is 3.74. The minimum atomic E-state index is -0.555. The Morgan fingerprint density at radius 2 is 2.25 bits per heavy atom. The number of aromatic nitrogens is 2. The van der Waals surface area contributed by atoms with E-state index in [0.29, 0.717) is 5.69 Å². The number of benzene rings is 1. The summed E-state index contributed by atoms with van der Waals surface area (Å²) in [7, 11) is 1.28. The van der Waals surface area contributed by atoms with E-state index in [1.807, 2.05) is 30.5 Å². The highest BCUT2D eigenvalue weighted by molar-refractivity contribution is 6.08. The topological polar surface area (TPSA) is 96.7 Å². The zero-order valence-corrected chi connectivity index (χ0v) is 15.6. The summed E-state index contributed by atoms with van der Waals surface area (Å²) in [6.07, 6.45) is 3.96. The summed E-state index contributed by atoms with van der Waals surface area (Å²) in [5.41, 5.74) is 3.18. The second-order valence-electron chi connectivity index (χ2n) is 6.82. The lowest BCUT2D eigenvalue weighted by molar-refractivity contribution is -0.136. The Hall–Kier alpha value is -3.13. The molecule has 8 nitrogen and oxygen atoms in total. The summed E-state index contributed by atoms with van der Waals surface area (Å²) in [6, 6.07) is 7.68. The number of imidazole rings is 1. The highest BCUT2D eigenvalue weighted by atomic mass is 16.5. The Balaban J connectivity index is 1.64. The molecule has 1 amide bonds. The van der Waals surface area contributed by atoms with Gasteiger partial charge in [0.1, 0.15) is 11.5 Å². The summed E-state index contributed by atoms with van der Waals surface area (Å²) in [5.74, 6) is 0.209. The molecule has 0 unspecified atom stereocenters. The second kappa shape index (κ2) is 7.47. The highest BCUT2D eigenvalue weighted by Crippen LogP contribution is 2.29. The monoisotopic (exact) mass is 382 g/mol. The number of fused-ring (bicyclic) bond motifs is 1. The van der Waals surface area contributed by atoms with Gasteiger partial charge in [0, 0.05) is 30.8 Å². The van der Waals surface area contributed by atoms with Gasteiger partial charge in [-0.1, -0.05) is 12.1 Å². The maximum Gasteiger partial charge on any atom is 0.337 e. The number of nitrogens with one attached hydrogen (secondary N) is 1. The molecule has 146 valence electrons. The Morgan fingerprint density at radius 3 is 3.04 bits per heavy atom. The molecular formula is C20H22N4O4. The molecule has 3 heterocycles. The van der Waals surface area contributed by atoms with Crippen LogP contribution >= 0.6 is 0 Å². The van der Waals surface area contributed by atoms with E-state index >= 15 is 0 Å². The zero-order chi connectivity index (χ0) is 19.7. The van der Waals surface area contributed by atoms with E-state index in [1.54, 1.807) is 0 Å². The molecule has 2 aliphatic rings. The van der Waals surface area contributed by atoms with Crippen molar-refractivity contribution < 1.29 is 19.4 Å². The van der Waals surface area contributed by atoms with Gasteiger partial charge in [-0.15, -0.1) is 0 Å². The molecule has 0 spiro atoms. The Morgan fingerprint density at radius 1 is 1.39 bits per heavy atom. The molecule has 0 fully saturated rings. The fraction of sp³-hybridized carbons (Fsp3) is 0.350. The molecule has 28 heavy (non-hydrogen) atoms. The molecule has 0 atom stereocenters.